The summed E-state index contributed by atoms with van der Waals surface area (Å²) < 4.78 is 22.0. The molecule has 196 valence electrons. The number of amides is 1. The Bertz CT molecular complexity index is 1440. The molecule has 0 bridgehead atoms. The predicted molar refractivity (Wildman–Crippen MR) is 139 cm³/mol. The van der Waals surface area contributed by atoms with Crippen molar-refractivity contribution in [2.75, 3.05) is 18.6 Å². The maximum atomic E-state index is 14.1. The van der Waals surface area contributed by atoms with Gasteiger partial charge >= 0.3 is 5.69 Å². The first-order valence-electron chi connectivity index (χ1n) is 12.4. The number of carbonyl (C=O) groups excluding carboxylic acids is 1. The summed E-state index contributed by atoms with van der Waals surface area (Å²) in [6, 6.07) is 5.04. The highest BCUT2D eigenvalue weighted by atomic mass is 32.2. The number of benzene rings is 1. The van der Waals surface area contributed by atoms with E-state index in [9.17, 15) is 23.9 Å². The number of phenols is 1. The van der Waals surface area contributed by atoms with Crippen molar-refractivity contribution in [1.82, 2.24) is 19.4 Å². The number of hydrogen-bond donors (Lipinski definition) is 2. The molecular weight excluding hydrogens is 499 g/mol. The highest BCUT2D eigenvalue weighted by Gasteiger charge is 2.30. The topological polar surface area (TPSA) is 115 Å². The Labute approximate surface area is 216 Å². The second-order valence-electron chi connectivity index (χ2n) is 9.56. The molecule has 1 amide bonds. The number of methoxy groups -OCH3 is 1. The van der Waals surface area contributed by atoms with E-state index >= 15 is 0 Å². The highest BCUT2D eigenvalue weighted by molar-refractivity contribution is 7.99. The monoisotopic (exact) mass is 528 g/mol. The summed E-state index contributed by atoms with van der Waals surface area (Å²) in [4.78, 5) is 44.0. The van der Waals surface area contributed by atoms with Gasteiger partial charge in [0.1, 0.15) is 23.0 Å². The summed E-state index contributed by atoms with van der Waals surface area (Å²) in [6.45, 7) is 0. The maximum Gasteiger partial charge on any atom is 0.333 e. The largest absolute Gasteiger partial charge is 0.507 e. The molecular formula is C26H29FN4O5S. The highest BCUT2D eigenvalue weighted by Crippen LogP contribution is 2.31. The van der Waals surface area contributed by atoms with Crippen LogP contribution in [0.4, 0.5) is 4.39 Å². The molecule has 2 N–H and O–H groups in total. The van der Waals surface area contributed by atoms with Crippen LogP contribution in [-0.4, -0.2) is 49.8 Å². The van der Waals surface area contributed by atoms with Crippen molar-refractivity contribution in [2.45, 2.75) is 56.7 Å². The van der Waals surface area contributed by atoms with Gasteiger partial charge in [-0.3, -0.25) is 18.7 Å². The predicted octanol–water partition coefficient (Wildman–Crippen LogP) is 3.39. The smallest absolute Gasteiger partial charge is 0.333 e. The third-order valence-corrected chi connectivity index (χ3v) is 8.37. The maximum absolute atomic E-state index is 14.1. The molecule has 1 aromatic carbocycles. The van der Waals surface area contributed by atoms with Gasteiger partial charge in [0, 0.05) is 24.2 Å². The molecule has 2 fully saturated rings. The Morgan fingerprint density at radius 1 is 1.08 bits per heavy atom. The van der Waals surface area contributed by atoms with Crippen LogP contribution < -0.4 is 21.3 Å². The zero-order chi connectivity index (χ0) is 26.1. The Kier molecular flexibility index (Phi) is 7.23. The lowest BCUT2D eigenvalue weighted by Gasteiger charge is -2.31. The molecule has 0 unspecified atom stereocenters. The van der Waals surface area contributed by atoms with Gasteiger partial charge in [-0.05, 0) is 68.2 Å². The van der Waals surface area contributed by atoms with E-state index in [1.807, 2.05) is 11.8 Å². The van der Waals surface area contributed by atoms with Gasteiger partial charge in [0.15, 0.2) is 0 Å². The van der Waals surface area contributed by atoms with Crippen LogP contribution in [0.5, 0.6) is 11.5 Å². The molecule has 3 aromatic rings. The Hall–Kier alpha value is -3.34. The second kappa shape index (κ2) is 10.6. The third kappa shape index (κ3) is 4.96. The fraction of sp³-hybridized carbons (Fsp3) is 0.462. The summed E-state index contributed by atoms with van der Waals surface area (Å²) in [5.74, 6) is 1.08. The quantitative estimate of drug-likeness (QED) is 0.522. The minimum Gasteiger partial charge on any atom is -0.507 e. The number of hydrogen-bond acceptors (Lipinski definition) is 7. The van der Waals surface area contributed by atoms with E-state index in [1.165, 1.54) is 29.9 Å². The minimum atomic E-state index is -0.617. The van der Waals surface area contributed by atoms with Crippen molar-refractivity contribution >= 4 is 28.7 Å². The molecule has 0 spiro atoms. The number of halogens is 1. The lowest BCUT2D eigenvalue weighted by atomic mass is 9.90. The van der Waals surface area contributed by atoms with E-state index in [0.29, 0.717) is 31.4 Å². The molecule has 2 aromatic heterocycles. The molecule has 1 saturated carbocycles. The first kappa shape index (κ1) is 25.3. The fourth-order valence-corrected chi connectivity index (χ4v) is 6.45. The molecule has 2 aliphatic rings. The summed E-state index contributed by atoms with van der Waals surface area (Å²) in [6.07, 6.45) is 4.74. The Morgan fingerprint density at radius 3 is 2.46 bits per heavy atom. The van der Waals surface area contributed by atoms with Crippen molar-refractivity contribution in [2.24, 2.45) is 0 Å². The summed E-state index contributed by atoms with van der Waals surface area (Å²) in [5.41, 5.74) is -0.533. The van der Waals surface area contributed by atoms with Crippen LogP contribution in [0.25, 0.3) is 11.0 Å². The number of fused-ring (bicyclic) bond motifs is 1. The molecule has 0 atom stereocenters. The lowest BCUT2D eigenvalue weighted by Crippen LogP contribution is -2.46. The van der Waals surface area contributed by atoms with Gasteiger partial charge in [-0.25, -0.2) is 14.2 Å². The van der Waals surface area contributed by atoms with Crippen LogP contribution in [0.3, 0.4) is 0 Å². The molecule has 11 heteroatoms. The van der Waals surface area contributed by atoms with Gasteiger partial charge in [0.05, 0.1) is 24.3 Å². The van der Waals surface area contributed by atoms with Crippen LogP contribution in [0.2, 0.25) is 0 Å². The van der Waals surface area contributed by atoms with E-state index in [2.05, 4.69) is 10.3 Å². The number of ether oxygens (including phenoxy) is 1. The summed E-state index contributed by atoms with van der Waals surface area (Å²) in [7, 11) is 1.48. The van der Waals surface area contributed by atoms with Crippen molar-refractivity contribution in [3.63, 3.8) is 0 Å². The van der Waals surface area contributed by atoms with Crippen LogP contribution in [0.15, 0.2) is 40.1 Å². The normalized spacial score (nSPS) is 20.6. The number of rotatable bonds is 5. The van der Waals surface area contributed by atoms with Gasteiger partial charge < -0.3 is 15.2 Å². The number of aromatic hydroxyl groups is 1. The van der Waals surface area contributed by atoms with E-state index < -0.39 is 23.0 Å². The molecule has 3 heterocycles. The van der Waals surface area contributed by atoms with Crippen LogP contribution in [-0.2, 0) is 0 Å². The average molecular weight is 529 g/mol. The van der Waals surface area contributed by atoms with Gasteiger partial charge in [-0.2, -0.15) is 11.8 Å². The summed E-state index contributed by atoms with van der Waals surface area (Å²) >= 11 is 1.83. The fourth-order valence-electron chi connectivity index (χ4n) is 5.37. The Balaban J connectivity index is 1.39. The number of aromatic nitrogens is 3. The van der Waals surface area contributed by atoms with Crippen molar-refractivity contribution < 1.29 is 19.0 Å². The number of thioether (sulfide) groups is 1. The zero-order valence-corrected chi connectivity index (χ0v) is 21.3. The number of pyridine rings is 1. The Morgan fingerprint density at radius 2 is 1.78 bits per heavy atom. The van der Waals surface area contributed by atoms with Gasteiger partial charge in [-0.1, -0.05) is 0 Å². The van der Waals surface area contributed by atoms with Gasteiger partial charge in [-0.15, -0.1) is 0 Å². The van der Waals surface area contributed by atoms with Crippen LogP contribution in [0.1, 0.15) is 61.0 Å². The van der Waals surface area contributed by atoms with E-state index in [0.717, 1.165) is 30.5 Å². The third-order valence-electron chi connectivity index (χ3n) is 7.33. The number of nitrogens with one attached hydrogen (secondary N) is 1. The van der Waals surface area contributed by atoms with Crippen LogP contribution >= 0.6 is 11.8 Å². The number of carbonyl (C=O) groups is 1. The SMILES string of the molecule is COc1ccc(C(=O)NC2CCC(n3c(=O)c4cc(F)cnc4n(C4CCSCC4)c3=O)CC2)c(O)c1. The van der Waals surface area contributed by atoms with Gasteiger partial charge in [0.2, 0.25) is 0 Å². The average Bonchev–Trinajstić information content (AvgIpc) is 2.90. The summed E-state index contributed by atoms with van der Waals surface area (Å²) in [5, 5.41) is 13.2. The molecule has 1 saturated heterocycles. The standard InChI is InChI=1S/C26H29FN4O5S/c1-36-19-6-7-20(22(32)13-19)24(33)29-16-2-4-17(5-3-16)31-25(34)21-12-15(27)14-28-23(21)30(26(31)35)18-8-10-37-11-9-18/h6-7,12-14,16-18,32H,2-5,8-11H2,1H3,(H,29,33). The molecule has 1 aliphatic heterocycles. The van der Waals surface area contributed by atoms with Gasteiger partial charge in [0.25, 0.3) is 11.5 Å². The first-order chi connectivity index (χ1) is 17.9. The molecule has 0 radical (unpaired) electrons. The molecule has 37 heavy (non-hydrogen) atoms. The van der Waals surface area contributed by atoms with E-state index in [4.69, 9.17) is 4.74 Å². The minimum absolute atomic E-state index is 0.0890. The zero-order valence-electron chi connectivity index (χ0n) is 20.5. The lowest BCUT2D eigenvalue weighted by molar-refractivity contribution is 0.0919. The van der Waals surface area contributed by atoms with Crippen LogP contribution in [0, 0.1) is 5.82 Å². The van der Waals surface area contributed by atoms with Crippen molar-refractivity contribution in [3.05, 3.63) is 62.7 Å². The second-order valence-corrected chi connectivity index (χ2v) is 10.8. The molecule has 5 rings (SSSR count). The number of phenolic OH excluding ortho intramolecular Hbond substituents is 1. The molecule has 9 nitrogen and oxygen atoms in total. The first-order valence-corrected chi connectivity index (χ1v) is 13.6. The van der Waals surface area contributed by atoms with E-state index in [1.54, 1.807) is 10.6 Å². The van der Waals surface area contributed by atoms with Crippen molar-refractivity contribution in [3.8, 4) is 11.5 Å². The van der Waals surface area contributed by atoms with Crippen molar-refractivity contribution in [1.29, 1.82) is 0 Å². The molecule has 1 aliphatic carbocycles. The van der Waals surface area contributed by atoms with E-state index in [-0.39, 0.29) is 40.5 Å². The number of nitrogens with zero attached hydrogens (tertiary/aromatic N) is 3.